The van der Waals surface area contributed by atoms with Crippen molar-refractivity contribution in [3.63, 3.8) is 0 Å². The largest absolute Gasteiger partial charge is 0.493 e. The van der Waals surface area contributed by atoms with Gasteiger partial charge in [0.15, 0.2) is 22.5 Å². The zero-order chi connectivity index (χ0) is 26.8. The zero-order valence-corrected chi connectivity index (χ0v) is 21.3. The molecular weight excluding hydrogens is 500 g/mol. The number of nitro groups is 1. The molecule has 3 rings (SSSR count). The van der Waals surface area contributed by atoms with E-state index >= 15 is 0 Å². The predicted molar refractivity (Wildman–Crippen MR) is 139 cm³/mol. The van der Waals surface area contributed by atoms with Crippen LogP contribution in [0.3, 0.4) is 0 Å². The number of methoxy groups -OCH3 is 2. The Bertz CT molecular complexity index is 1290. The van der Waals surface area contributed by atoms with Crippen molar-refractivity contribution < 1.29 is 24.0 Å². The van der Waals surface area contributed by atoms with Crippen LogP contribution < -0.4 is 20.1 Å². The van der Waals surface area contributed by atoms with Gasteiger partial charge in [-0.1, -0.05) is 17.8 Å². The maximum absolute atomic E-state index is 12.3. The van der Waals surface area contributed by atoms with Gasteiger partial charge >= 0.3 is 0 Å². The van der Waals surface area contributed by atoms with Crippen molar-refractivity contribution in [2.45, 2.75) is 25.2 Å². The lowest BCUT2D eigenvalue weighted by Crippen LogP contribution is -2.22. The summed E-state index contributed by atoms with van der Waals surface area (Å²) in [6, 6.07) is 10.9. The van der Waals surface area contributed by atoms with Gasteiger partial charge in [-0.15, -0.1) is 10.2 Å². The number of ether oxygens (including phenoxy) is 2. The molecule has 1 heterocycles. The number of benzene rings is 2. The fourth-order valence-corrected chi connectivity index (χ4v) is 4.04. The number of nitro benzene ring substituents is 1. The number of hydrogen-bond donors (Lipinski definition) is 2. The van der Waals surface area contributed by atoms with Gasteiger partial charge in [0.1, 0.15) is 0 Å². The molecule has 1 aromatic heterocycles. The Morgan fingerprint density at radius 2 is 1.84 bits per heavy atom. The molecule has 2 aromatic carbocycles. The smallest absolute Gasteiger partial charge is 0.269 e. The molecule has 2 N–H and O–H groups in total. The first-order valence-electron chi connectivity index (χ1n) is 11.1. The summed E-state index contributed by atoms with van der Waals surface area (Å²) in [6.07, 6.45) is 3.07. The number of non-ortho nitro benzene ring substituents is 1. The summed E-state index contributed by atoms with van der Waals surface area (Å²) >= 11 is 1.20. The van der Waals surface area contributed by atoms with Crippen LogP contribution >= 0.6 is 11.8 Å². The Balaban J connectivity index is 1.52. The first kappa shape index (κ1) is 27.2. The van der Waals surface area contributed by atoms with Crippen LogP contribution in [0.1, 0.15) is 18.3 Å². The SMILES string of the molecule is CCn1c(CNC(=O)/C=C/c2ccc(OC)c(OC)c2)nnc1SCC(=O)Nc1ccc([N+](=O)[O-])cc1. The van der Waals surface area contributed by atoms with Crippen molar-refractivity contribution in [2.24, 2.45) is 0 Å². The van der Waals surface area contributed by atoms with Crippen LogP contribution in [0.15, 0.2) is 53.7 Å². The number of thioether (sulfide) groups is 1. The lowest BCUT2D eigenvalue weighted by atomic mass is 10.2. The van der Waals surface area contributed by atoms with Crippen molar-refractivity contribution in [3.8, 4) is 11.5 Å². The zero-order valence-electron chi connectivity index (χ0n) is 20.5. The number of nitrogens with zero attached hydrogens (tertiary/aromatic N) is 4. The number of amides is 2. The minimum atomic E-state index is -0.506. The summed E-state index contributed by atoms with van der Waals surface area (Å²) in [5.74, 6) is 1.17. The molecule has 12 nitrogen and oxygen atoms in total. The highest BCUT2D eigenvalue weighted by Crippen LogP contribution is 2.28. The van der Waals surface area contributed by atoms with Crippen molar-refractivity contribution in [3.05, 3.63) is 70.0 Å². The Kier molecular flexibility index (Phi) is 9.61. The fraction of sp³-hybridized carbons (Fsp3) is 0.250. The number of anilines is 1. The van der Waals surface area contributed by atoms with E-state index in [-0.39, 0.29) is 29.8 Å². The molecule has 0 saturated heterocycles. The molecule has 0 unspecified atom stereocenters. The van der Waals surface area contributed by atoms with Gasteiger partial charge in [0, 0.05) is 30.4 Å². The van der Waals surface area contributed by atoms with Gasteiger partial charge in [0.05, 0.1) is 31.4 Å². The summed E-state index contributed by atoms with van der Waals surface area (Å²) in [6.45, 7) is 2.62. The van der Waals surface area contributed by atoms with Gasteiger partial charge < -0.3 is 24.7 Å². The van der Waals surface area contributed by atoms with Crippen LogP contribution in [0.5, 0.6) is 11.5 Å². The van der Waals surface area contributed by atoms with Gasteiger partial charge in [-0.2, -0.15) is 0 Å². The maximum Gasteiger partial charge on any atom is 0.269 e. The van der Waals surface area contributed by atoms with Gasteiger partial charge in [0.2, 0.25) is 11.8 Å². The normalized spacial score (nSPS) is 10.8. The van der Waals surface area contributed by atoms with Crippen LogP contribution in [-0.4, -0.2) is 51.5 Å². The number of nitrogens with one attached hydrogen (secondary N) is 2. The Morgan fingerprint density at radius 3 is 2.49 bits per heavy atom. The van der Waals surface area contributed by atoms with E-state index in [1.165, 1.54) is 42.1 Å². The van der Waals surface area contributed by atoms with E-state index < -0.39 is 4.92 Å². The Morgan fingerprint density at radius 1 is 1.11 bits per heavy atom. The Hall–Kier alpha value is -4.39. The molecule has 3 aromatic rings. The number of aromatic nitrogens is 3. The Labute approximate surface area is 217 Å². The number of carbonyl (C=O) groups excluding carboxylic acids is 2. The monoisotopic (exact) mass is 526 g/mol. The average molecular weight is 527 g/mol. The highest BCUT2D eigenvalue weighted by atomic mass is 32.2. The molecule has 194 valence electrons. The third kappa shape index (κ3) is 7.54. The summed E-state index contributed by atoms with van der Waals surface area (Å²) in [4.78, 5) is 34.8. The highest BCUT2D eigenvalue weighted by molar-refractivity contribution is 7.99. The second-order valence-electron chi connectivity index (χ2n) is 7.45. The minimum Gasteiger partial charge on any atom is -0.493 e. The molecule has 0 atom stereocenters. The first-order valence-corrected chi connectivity index (χ1v) is 12.1. The van der Waals surface area contributed by atoms with E-state index in [1.807, 2.05) is 11.5 Å². The van der Waals surface area contributed by atoms with Gasteiger partial charge in [-0.3, -0.25) is 19.7 Å². The average Bonchev–Trinajstić information content (AvgIpc) is 3.31. The molecule has 0 bridgehead atoms. The second-order valence-corrected chi connectivity index (χ2v) is 8.39. The van der Waals surface area contributed by atoms with Crippen molar-refractivity contribution in [1.82, 2.24) is 20.1 Å². The van der Waals surface area contributed by atoms with Crippen molar-refractivity contribution in [1.29, 1.82) is 0 Å². The molecule has 0 saturated carbocycles. The van der Waals surface area contributed by atoms with Crippen molar-refractivity contribution in [2.75, 3.05) is 25.3 Å². The van der Waals surface area contributed by atoms with E-state index in [0.29, 0.717) is 34.7 Å². The van der Waals surface area contributed by atoms with Gasteiger partial charge in [0.25, 0.3) is 5.69 Å². The molecule has 0 fully saturated rings. The third-order valence-corrected chi connectivity index (χ3v) is 6.03. The molecule has 13 heteroatoms. The standard InChI is InChI=1S/C24H26N6O6S/c1-4-29-21(14-25-22(31)12-6-16-5-11-19(35-2)20(13-16)36-3)27-28-24(29)37-15-23(32)26-17-7-9-18(10-8-17)30(33)34/h5-13H,4,14-15H2,1-3H3,(H,25,31)(H,26,32)/b12-6+. The molecule has 0 aliphatic heterocycles. The molecule has 0 spiro atoms. The van der Waals surface area contributed by atoms with E-state index in [0.717, 1.165) is 5.56 Å². The van der Waals surface area contributed by atoms with E-state index in [1.54, 1.807) is 38.5 Å². The molecule has 37 heavy (non-hydrogen) atoms. The fourth-order valence-electron chi connectivity index (χ4n) is 3.22. The molecule has 0 aliphatic rings. The second kappa shape index (κ2) is 13.1. The third-order valence-electron chi connectivity index (χ3n) is 5.06. The lowest BCUT2D eigenvalue weighted by molar-refractivity contribution is -0.384. The summed E-state index contributed by atoms with van der Waals surface area (Å²) in [7, 11) is 3.09. The van der Waals surface area contributed by atoms with Crippen molar-refractivity contribution >= 4 is 41.0 Å². The first-order chi connectivity index (χ1) is 17.8. The predicted octanol–water partition coefficient (Wildman–Crippen LogP) is 3.28. The van der Waals surface area contributed by atoms with Crippen LogP contribution in [-0.2, 0) is 22.7 Å². The molecule has 0 aliphatic carbocycles. The van der Waals surface area contributed by atoms with E-state index in [4.69, 9.17) is 9.47 Å². The topological polar surface area (TPSA) is 151 Å². The summed E-state index contributed by atoms with van der Waals surface area (Å²) < 4.78 is 12.3. The number of hydrogen-bond acceptors (Lipinski definition) is 9. The molecule has 2 amide bonds. The molecular formula is C24H26N6O6S. The summed E-state index contributed by atoms with van der Waals surface area (Å²) in [5.41, 5.74) is 1.17. The summed E-state index contributed by atoms with van der Waals surface area (Å²) in [5, 5.41) is 25.0. The van der Waals surface area contributed by atoms with Crippen LogP contribution in [0, 0.1) is 10.1 Å². The van der Waals surface area contributed by atoms with Crippen LogP contribution in [0.2, 0.25) is 0 Å². The molecule has 0 radical (unpaired) electrons. The lowest BCUT2D eigenvalue weighted by Gasteiger charge is -2.08. The number of rotatable bonds is 12. The quantitative estimate of drug-likeness (QED) is 0.157. The van der Waals surface area contributed by atoms with E-state index in [2.05, 4.69) is 20.8 Å². The maximum atomic E-state index is 12.3. The van der Waals surface area contributed by atoms with Crippen LogP contribution in [0.4, 0.5) is 11.4 Å². The minimum absolute atomic E-state index is 0.0560. The highest BCUT2D eigenvalue weighted by Gasteiger charge is 2.14. The van der Waals surface area contributed by atoms with Crippen LogP contribution in [0.25, 0.3) is 6.08 Å². The van der Waals surface area contributed by atoms with Gasteiger partial charge in [-0.05, 0) is 42.8 Å². The van der Waals surface area contributed by atoms with Gasteiger partial charge in [-0.25, -0.2) is 0 Å². The number of carbonyl (C=O) groups is 2. The van der Waals surface area contributed by atoms with E-state index in [9.17, 15) is 19.7 Å².